The van der Waals surface area contributed by atoms with Gasteiger partial charge in [0, 0.05) is 26.0 Å². The van der Waals surface area contributed by atoms with E-state index < -0.39 is 0 Å². The molecule has 1 amide bonds. The van der Waals surface area contributed by atoms with Crippen molar-refractivity contribution in [2.75, 3.05) is 6.61 Å². The van der Waals surface area contributed by atoms with Crippen LogP contribution in [0.4, 0.5) is 0 Å². The second-order valence-electron chi connectivity index (χ2n) is 4.39. The quantitative estimate of drug-likeness (QED) is 0.896. The molecule has 0 aliphatic carbocycles. The average molecular weight is 269 g/mol. The second kappa shape index (κ2) is 6.43. The van der Waals surface area contributed by atoms with Gasteiger partial charge in [0.05, 0.1) is 11.6 Å². The Labute approximate surface area is 117 Å². The molecule has 5 nitrogen and oxygen atoms in total. The molecule has 102 valence electrons. The van der Waals surface area contributed by atoms with Crippen LogP contribution in [0.1, 0.15) is 11.1 Å². The summed E-state index contributed by atoms with van der Waals surface area (Å²) in [6.07, 6.45) is 3.87. The molecule has 2 rings (SSSR count). The third-order valence-corrected chi connectivity index (χ3v) is 2.74. The van der Waals surface area contributed by atoms with Crippen LogP contribution in [0.5, 0.6) is 5.75 Å². The number of rotatable bonds is 5. The third kappa shape index (κ3) is 3.89. The highest BCUT2D eigenvalue weighted by atomic mass is 16.5. The largest absolute Gasteiger partial charge is 0.484 e. The summed E-state index contributed by atoms with van der Waals surface area (Å²) in [7, 11) is 1.93. The Morgan fingerprint density at radius 1 is 1.35 bits per heavy atom. The van der Waals surface area contributed by atoms with Crippen molar-refractivity contribution in [2.45, 2.75) is 6.54 Å². The van der Waals surface area contributed by atoms with E-state index in [1.165, 1.54) is 0 Å². The first kappa shape index (κ1) is 13.7. The average Bonchev–Trinajstić information content (AvgIpc) is 2.89. The van der Waals surface area contributed by atoms with E-state index in [-0.39, 0.29) is 12.5 Å². The van der Waals surface area contributed by atoms with E-state index in [0.717, 1.165) is 5.56 Å². The summed E-state index contributed by atoms with van der Waals surface area (Å²) >= 11 is 0. The highest BCUT2D eigenvalue weighted by Gasteiger charge is 2.03. The SMILES string of the molecule is Cn1ccc(CNC(=O)COc2ccc(C#N)cc2)c1. The molecule has 5 heteroatoms. The Hall–Kier alpha value is -2.74. The second-order valence-corrected chi connectivity index (χ2v) is 4.39. The van der Waals surface area contributed by atoms with Crippen LogP contribution in [0.15, 0.2) is 42.7 Å². The number of amides is 1. The van der Waals surface area contributed by atoms with Crippen molar-refractivity contribution in [3.05, 3.63) is 53.9 Å². The van der Waals surface area contributed by atoms with Gasteiger partial charge in [-0.05, 0) is 35.9 Å². The molecule has 1 aromatic carbocycles. The number of ether oxygens (including phenoxy) is 1. The van der Waals surface area contributed by atoms with Crippen LogP contribution in [-0.4, -0.2) is 17.1 Å². The summed E-state index contributed by atoms with van der Waals surface area (Å²) in [6.45, 7) is 0.440. The summed E-state index contributed by atoms with van der Waals surface area (Å²) in [5, 5.41) is 11.4. The Bertz CT molecular complexity index is 623. The molecule has 0 fully saturated rings. The zero-order valence-electron chi connectivity index (χ0n) is 11.2. The van der Waals surface area contributed by atoms with Gasteiger partial charge in [-0.25, -0.2) is 0 Å². The number of benzene rings is 1. The van der Waals surface area contributed by atoms with Crippen LogP contribution in [-0.2, 0) is 18.4 Å². The fraction of sp³-hybridized carbons (Fsp3) is 0.200. The molecule has 0 radical (unpaired) electrons. The molecule has 1 heterocycles. The minimum absolute atomic E-state index is 0.0429. The molecule has 2 aromatic rings. The minimum Gasteiger partial charge on any atom is -0.484 e. The van der Waals surface area contributed by atoms with Gasteiger partial charge in [0.25, 0.3) is 5.91 Å². The molecule has 0 aliphatic rings. The lowest BCUT2D eigenvalue weighted by atomic mass is 10.2. The Balaban J connectivity index is 1.75. The summed E-state index contributed by atoms with van der Waals surface area (Å²) < 4.78 is 7.26. The van der Waals surface area contributed by atoms with E-state index in [4.69, 9.17) is 10.00 Å². The number of carbonyl (C=O) groups excluding carboxylic acids is 1. The lowest BCUT2D eigenvalue weighted by Crippen LogP contribution is -2.28. The van der Waals surface area contributed by atoms with Crippen LogP contribution < -0.4 is 10.1 Å². The smallest absolute Gasteiger partial charge is 0.258 e. The molecule has 20 heavy (non-hydrogen) atoms. The Kier molecular flexibility index (Phi) is 4.40. The first-order valence-corrected chi connectivity index (χ1v) is 6.18. The number of hydrogen-bond acceptors (Lipinski definition) is 3. The van der Waals surface area contributed by atoms with Crippen molar-refractivity contribution < 1.29 is 9.53 Å². The van der Waals surface area contributed by atoms with Crippen molar-refractivity contribution in [1.29, 1.82) is 5.26 Å². The summed E-state index contributed by atoms with van der Waals surface area (Å²) in [5.41, 5.74) is 1.60. The van der Waals surface area contributed by atoms with E-state index in [1.807, 2.05) is 36.1 Å². The van der Waals surface area contributed by atoms with Crippen molar-refractivity contribution in [2.24, 2.45) is 7.05 Å². The summed E-state index contributed by atoms with van der Waals surface area (Å²) in [6, 6.07) is 10.6. The van der Waals surface area contributed by atoms with Gasteiger partial charge in [-0.2, -0.15) is 5.26 Å². The molecular formula is C15H15N3O2. The maximum absolute atomic E-state index is 11.6. The van der Waals surface area contributed by atoms with Gasteiger partial charge in [-0.1, -0.05) is 0 Å². The highest BCUT2D eigenvalue weighted by molar-refractivity contribution is 5.77. The normalized spacial score (nSPS) is 9.80. The van der Waals surface area contributed by atoms with Gasteiger partial charge in [-0.15, -0.1) is 0 Å². The van der Waals surface area contributed by atoms with Crippen molar-refractivity contribution in [1.82, 2.24) is 9.88 Å². The highest BCUT2D eigenvalue weighted by Crippen LogP contribution is 2.11. The van der Waals surface area contributed by atoms with Crippen LogP contribution in [0.2, 0.25) is 0 Å². The van der Waals surface area contributed by atoms with Crippen molar-refractivity contribution >= 4 is 5.91 Å². The van der Waals surface area contributed by atoms with Crippen LogP contribution in [0, 0.1) is 11.3 Å². The zero-order valence-corrected chi connectivity index (χ0v) is 11.2. The van der Waals surface area contributed by atoms with E-state index >= 15 is 0 Å². The summed E-state index contributed by atoms with van der Waals surface area (Å²) in [4.78, 5) is 11.6. The number of aryl methyl sites for hydroxylation is 1. The van der Waals surface area contributed by atoms with Gasteiger partial charge in [-0.3, -0.25) is 4.79 Å². The molecule has 0 saturated carbocycles. The van der Waals surface area contributed by atoms with Crippen molar-refractivity contribution in [3.63, 3.8) is 0 Å². The minimum atomic E-state index is -0.182. The molecular weight excluding hydrogens is 254 g/mol. The topological polar surface area (TPSA) is 67.1 Å². The van der Waals surface area contributed by atoms with Gasteiger partial charge >= 0.3 is 0 Å². The number of nitriles is 1. The number of nitrogens with one attached hydrogen (secondary N) is 1. The van der Waals surface area contributed by atoms with Gasteiger partial charge in [0.15, 0.2) is 6.61 Å². The van der Waals surface area contributed by atoms with Gasteiger partial charge in [0.2, 0.25) is 0 Å². The Morgan fingerprint density at radius 2 is 2.10 bits per heavy atom. The molecule has 0 saturated heterocycles. The summed E-state index contributed by atoms with van der Waals surface area (Å²) in [5.74, 6) is 0.386. The Morgan fingerprint density at radius 3 is 2.70 bits per heavy atom. The first-order valence-electron chi connectivity index (χ1n) is 6.18. The van der Waals surface area contributed by atoms with Crippen LogP contribution in [0.25, 0.3) is 0 Å². The third-order valence-electron chi connectivity index (χ3n) is 2.74. The lowest BCUT2D eigenvalue weighted by molar-refractivity contribution is -0.123. The van der Waals surface area contributed by atoms with E-state index in [9.17, 15) is 4.79 Å². The zero-order chi connectivity index (χ0) is 14.4. The monoisotopic (exact) mass is 269 g/mol. The molecule has 0 spiro atoms. The number of nitrogens with zero attached hydrogens (tertiary/aromatic N) is 2. The van der Waals surface area contributed by atoms with Gasteiger partial charge < -0.3 is 14.6 Å². The molecule has 0 unspecified atom stereocenters. The maximum atomic E-state index is 11.6. The predicted octanol–water partition coefficient (Wildman–Crippen LogP) is 1.59. The van der Waals surface area contributed by atoms with Gasteiger partial charge in [0.1, 0.15) is 5.75 Å². The molecule has 1 aromatic heterocycles. The number of carbonyl (C=O) groups is 1. The number of hydrogen-bond donors (Lipinski definition) is 1. The van der Waals surface area contributed by atoms with E-state index in [0.29, 0.717) is 17.9 Å². The maximum Gasteiger partial charge on any atom is 0.258 e. The molecule has 0 bridgehead atoms. The standard InChI is InChI=1S/C15H15N3O2/c1-18-7-6-13(10-18)9-17-15(19)11-20-14-4-2-12(8-16)3-5-14/h2-7,10H,9,11H2,1H3,(H,17,19). The lowest BCUT2D eigenvalue weighted by Gasteiger charge is -2.06. The first-order chi connectivity index (χ1) is 9.67. The van der Waals surface area contributed by atoms with Crippen molar-refractivity contribution in [3.8, 4) is 11.8 Å². The number of aromatic nitrogens is 1. The van der Waals surface area contributed by atoms with E-state index in [1.54, 1.807) is 24.3 Å². The van der Waals surface area contributed by atoms with Crippen LogP contribution in [0.3, 0.4) is 0 Å². The molecule has 0 aliphatic heterocycles. The van der Waals surface area contributed by atoms with E-state index in [2.05, 4.69) is 5.32 Å². The fourth-order valence-corrected chi connectivity index (χ4v) is 1.69. The fourth-order valence-electron chi connectivity index (χ4n) is 1.69. The molecule has 1 N–H and O–H groups in total. The predicted molar refractivity (Wildman–Crippen MR) is 73.9 cm³/mol. The molecule has 0 atom stereocenters. The van der Waals surface area contributed by atoms with Crippen LogP contribution >= 0.6 is 0 Å².